The molecule has 0 fully saturated rings. The van der Waals surface area contributed by atoms with E-state index < -0.39 is 11.8 Å². The zero-order chi connectivity index (χ0) is 22.3. The number of anilines is 1. The van der Waals surface area contributed by atoms with Gasteiger partial charge in [-0.05, 0) is 38.2 Å². The minimum atomic E-state index is -0.715. The van der Waals surface area contributed by atoms with Gasteiger partial charge < -0.3 is 15.4 Å². The Morgan fingerprint density at radius 1 is 1.03 bits per heavy atom. The summed E-state index contributed by atoms with van der Waals surface area (Å²) in [5, 5.41) is 9.68. The minimum absolute atomic E-state index is 0.169. The van der Waals surface area contributed by atoms with Crippen LogP contribution in [0.1, 0.15) is 65.6 Å². The number of hydrogen-bond acceptors (Lipinski definition) is 4. The van der Waals surface area contributed by atoms with Gasteiger partial charge in [-0.2, -0.15) is 5.10 Å². The second-order valence-electron chi connectivity index (χ2n) is 8.66. The molecule has 0 aliphatic carbocycles. The number of hydrogen-bond donors (Lipinski definition) is 2. The Bertz CT molecular complexity index is 842. The molecule has 0 unspecified atom stereocenters. The van der Waals surface area contributed by atoms with Crippen molar-refractivity contribution in [2.75, 3.05) is 11.9 Å². The number of para-hydroxylation sites is 1. The quantitative estimate of drug-likeness (QED) is 0.598. The first-order chi connectivity index (χ1) is 14.2. The molecule has 0 saturated carbocycles. The number of amides is 2. The summed E-state index contributed by atoms with van der Waals surface area (Å²) in [5.74, 6) is 0.0366. The molecule has 0 aliphatic heterocycles. The number of nitrogens with one attached hydrogen (secondary N) is 2. The summed E-state index contributed by atoms with van der Waals surface area (Å²) in [7, 11) is 0. The SMILES string of the molecule is CC(C)COc1ccccc1[C@H](CC(C)C)NC(=O)C(=O)Nc1cnn(C(C)C)c1. The lowest BCUT2D eigenvalue weighted by Gasteiger charge is -2.23. The third-order valence-electron chi connectivity index (χ3n) is 4.47. The Hall–Kier alpha value is -2.83. The van der Waals surface area contributed by atoms with Crippen LogP contribution in [0.2, 0.25) is 0 Å². The van der Waals surface area contributed by atoms with Crippen molar-refractivity contribution >= 4 is 17.5 Å². The fourth-order valence-electron chi connectivity index (χ4n) is 2.99. The molecule has 1 atom stereocenters. The van der Waals surface area contributed by atoms with Gasteiger partial charge in [0.2, 0.25) is 0 Å². The van der Waals surface area contributed by atoms with Crippen LogP contribution in [0.4, 0.5) is 5.69 Å². The van der Waals surface area contributed by atoms with Gasteiger partial charge in [0.1, 0.15) is 5.75 Å². The summed E-state index contributed by atoms with van der Waals surface area (Å²) in [6.07, 6.45) is 3.93. The van der Waals surface area contributed by atoms with Gasteiger partial charge in [0.15, 0.2) is 0 Å². The molecule has 1 aromatic carbocycles. The number of carbonyl (C=O) groups excluding carboxylic acids is 2. The topological polar surface area (TPSA) is 85.2 Å². The summed E-state index contributed by atoms with van der Waals surface area (Å²) in [6.45, 7) is 12.9. The maximum Gasteiger partial charge on any atom is 0.313 e. The van der Waals surface area contributed by atoms with E-state index in [0.717, 1.165) is 11.3 Å². The average molecular weight is 415 g/mol. The lowest BCUT2D eigenvalue weighted by molar-refractivity contribution is -0.136. The van der Waals surface area contributed by atoms with Crippen LogP contribution in [0.5, 0.6) is 5.75 Å². The highest BCUT2D eigenvalue weighted by Gasteiger charge is 2.24. The standard InChI is InChI=1S/C23H34N4O3/c1-15(2)11-20(19-9-7-8-10-21(19)30-14-16(3)4)26-23(29)22(28)25-18-12-24-27(13-18)17(5)6/h7-10,12-13,15-17,20H,11,14H2,1-6H3,(H,25,28)(H,26,29)/t20-/m0/s1. The van der Waals surface area contributed by atoms with Crippen molar-refractivity contribution in [3.8, 4) is 5.75 Å². The molecule has 0 spiro atoms. The summed E-state index contributed by atoms with van der Waals surface area (Å²) in [4.78, 5) is 25.1. The molecule has 1 heterocycles. The highest BCUT2D eigenvalue weighted by Crippen LogP contribution is 2.30. The molecule has 0 saturated heterocycles. The van der Waals surface area contributed by atoms with E-state index in [0.29, 0.717) is 30.6 Å². The Balaban J connectivity index is 2.13. The van der Waals surface area contributed by atoms with Crippen molar-refractivity contribution in [2.45, 2.75) is 60.0 Å². The van der Waals surface area contributed by atoms with Crippen molar-refractivity contribution < 1.29 is 14.3 Å². The van der Waals surface area contributed by atoms with E-state index in [1.165, 1.54) is 6.20 Å². The third-order valence-corrected chi connectivity index (χ3v) is 4.47. The number of ether oxygens (including phenoxy) is 1. The Morgan fingerprint density at radius 2 is 1.73 bits per heavy atom. The monoisotopic (exact) mass is 414 g/mol. The van der Waals surface area contributed by atoms with Gasteiger partial charge in [-0.3, -0.25) is 14.3 Å². The first-order valence-electron chi connectivity index (χ1n) is 10.5. The first-order valence-corrected chi connectivity index (χ1v) is 10.5. The minimum Gasteiger partial charge on any atom is -0.493 e. The highest BCUT2D eigenvalue weighted by atomic mass is 16.5. The predicted molar refractivity (Wildman–Crippen MR) is 118 cm³/mol. The molecule has 2 rings (SSSR count). The Morgan fingerprint density at radius 3 is 2.33 bits per heavy atom. The Kier molecular flexibility index (Phi) is 8.45. The van der Waals surface area contributed by atoms with Crippen molar-refractivity contribution in [3.63, 3.8) is 0 Å². The average Bonchev–Trinajstić information content (AvgIpc) is 3.14. The number of rotatable bonds is 9. The fraction of sp³-hybridized carbons (Fsp3) is 0.522. The van der Waals surface area contributed by atoms with E-state index in [2.05, 4.69) is 43.4 Å². The summed E-state index contributed by atoms with van der Waals surface area (Å²) in [5.41, 5.74) is 1.37. The molecule has 164 valence electrons. The number of nitrogens with zero attached hydrogens (tertiary/aromatic N) is 2. The molecule has 1 aromatic heterocycles. The molecule has 0 radical (unpaired) electrons. The van der Waals surface area contributed by atoms with Gasteiger partial charge in [0, 0.05) is 17.8 Å². The van der Waals surface area contributed by atoms with Gasteiger partial charge in [0.05, 0.1) is 24.5 Å². The molecular weight excluding hydrogens is 380 g/mol. The molecule has 0 aliphatic rings. The van der Waals surface area contributed by atoms with E-state index in [4.69, 9.17) is 4.74 Å². The van der Waals surface area contributed by atoms with Gasteiger partial charge in [-0.1, -0.05) is 45.9 Å². The van der Waals surface area contributed by atoms with Crippen LogP contribution in [0, 0.1) is 11.8 Å². The van der Waals surface area contributed by atoms with Gasteiger partial charge in [-0.25, -0.2) is 0 Å². The molecule has 2 amide bonds. The van der Waals surface area contributed by atoms with Crippen molar-refractivity contribution in [1.29, 1.82) is 0 Å². The largest absolute Gasteiger partial charge is 0.493 e. The number of carbonyl (C=O) groups is 2. The van der Waals surface area contributed by atoms with Crippen LogP contribution < -0.4 is 15.4 Å². The second kappa shape index (κ2) is 10.8. The maximum atomic E-state index is 12.6. The van der Waals surface area contributed by atoms with Crippen LogP contribution >= 0.6 is 0 Å². The normalized spacial score (nSPS) is 12.3. The van der Waals surface area contributed by atoms with Crippen molar-refractivity contribution in [2.24, 2.45) is 11.8 Å². The summed E-state index contributed by atoms with van der Waals surface area (Å²) in [6, 6.07) is 7.50. The Labute approximate surface area is 179 Å². The van der Waals surface area contributed by atoms with Crippen LogP contribution in [-0.2, 0) is 9.59 Å². The van der Waals surface area contributed by atoms with E-state index in [1.54, 1.807) is 10.9 Å². The highest BCUT2D eigenvalue weighted by molar-refractivity contribution is 6.39. The van der Waals surface area contributed by atoms with Gasteiger partial charge in [-0.15, -0.1) is 0 Å². The molecule has 7 heteroatoms. The molecule has 2 N–H and O–H groups in total. The lowest BCUT2D eigenvalue weighted by atomic mass is 9.96. The van der Waals surface area contributed by atoms with Crippen LogP contribution in [0.15, 0.2) is 36.7 Å². The molecule has 7 nitrogen and oxygen atoms in total. The summed E-state index contributed by atoms with van der Waals surface area (Å²) < 4.78 is 7.68. The van der Waals surface area contributed by atoms with E-state index in [9.17, 15) is 9.59 Å². The third kappa shape index (κ3) is 6.90. The molecule has 2 aromatic rings. The fourth-order valence-corrected chi connectivity index (χ4v) is 2.99. The van der Waals surface area contributed by atoms with E-state index >= 15 is 0 Å². The second-order valence-corrected chi connectivity index (χ2v) is 8.66. The molecule has 0 bridgehead atoms. The smallest absolute Gasteiger partial charge is 0.313 e. The number of benzene rings is 1. The molecule has 30 heavy (non-hydrogen) atoms. The van der Waals surface area contributed by atoms with Gasteiger partial charge in [0.25, 0.3) is 0 Å². The lowest BCUT2D eigenvalue weighted by Crippen LogP contribution is -2.38. The van der Waals surface area contributed by atoms with Crippen LogP contribution in [-0.4, -0.2) is 28.2 Å². The summed E-state index contributed by atoms with van der Waals surface area (Å²) >= 11 is 0. The van der Waals surface area contributed by atoms with E-state index in [1.807, 2.05) is 38.1 Å². The van der Waals surface area contributed by atoms with E-state index in [-0.39, 0.29) is 12.1 Å². The van der Waals surface area contributed by atoms with Crippen LogP contribution in [0.25, 0.3) is 0 Å². The zero-order valence-electron chi connectivity index (χ0n) is 18.8. The van der Waals surface area contributed by atoms with Crippen molar-refractivity contribution in [1.82, 2.24) is 15.1 Å². The van der Waals surface area contributed by atoms with Crippen molar-refractivity contribution in [3.05, 3.63) is 42.2 Å². The van der Waals surface area contributed by atoms with Crippen LogP contribution in [0.3, 0.4) is 0 Å². The molecular formula is C23H34N4O3. The number of aromatic nitrogens is 2. The predicted octanol–water partition coefficient (Wildman–Crippen LogP) is 4.34. The zero-order valence-corrected chi connectivity index (χ0v) is 18.8. The van der Waals surface area contributed by atoms with Gasteiger partial charge >= 0.3 is 11.8 Å². The first kappa shape index (κ1) is 23.4. The maximum absolute atomic E-state index is 12.6.